The highest BCUT2D eigenvalue weighted by atomic mass is 16.5. The molecule has 1 amide bonds. The monoisotopic (exact) mass is 567 g/mol. The molecule has 5 rings (SSSR count). The van der Waals surface area contributed by atoms with Crippen molar-refractivity contribution in [2.75, 3.05) is 33.9 Å². The van der Waals surface area contributed by atoms with Crippen LogP contribution in [0, 0.1) is 0 Å². The van der Waals surface area contributed by atoms with Crippen LogP contribution in [0.25, 0.3) is 16.8 Å². The molecule has 218 valence electrons. The molecule has 1 fully saturated rings. The van der Waals surface area contributed by atoms with Crippen molar-refractivity contribution in [3.63, 3.8) is 0 Å². The maximum Gasteiger partial charge on any atom is 0.407 e. The van der Waals surface area contributed by atoms with Crippen molar-refractivity contribution in [3.8, 4) is 17.2 Å². The van der Waals surface area contributed by atoms with Crippen LogP contribution in [0.2, 0.25) is 0 Å². The summed E-state index contributed by atoms with van der Waals surface area (Å²) in [5, 5.41) is 11.6. The largest absolute Gasteiger partial charge is 0.496 e. The van der Waals surface area contributed by atoms with Gasteiger partial charge in [0.15, 0.2) is 0 Å². The van der Waals surface area contributed by atoms with E-state index >= 15 is 0 Å². The van der Waals surface area contributed by atoms with Gasteiger partial charge in [0.2, 0.25) is 0 Å². The highest BCUT2D eigenvalue weighted by Gasteiger charge is 2.33. The number of benzene rings is 4. The number of methoxy groups -OCH3 is 2. The van der Waals surface area contributed by atoms with E-state index in [4.69, 9.17) is 18.9 Å². The minimum atomic E-state index is -0.933. The lowest BCUT2D eigenvalue weighted by atomic mass is 9.87. The number of nitrogens with zero attached hydrogens (tertiary/aromatic N) is 1. The first-order chi connectivity index (χ1) is 20.6. The van der Waals surface area contributed by atoms with Gasteiger partial charge in [-0.25, -0.2) is 4.79 Å². The van der Waals surface area contributed by atoms with Crippen LogP contribution >= 0.6 is 0 Å². The first kappa shape index (κ1) is 29.0. The predicted octanol–water partition coefficient (Wildman–Crippen LogP) is 7.39. The molecule has 0 aliphatic carbocycles. The maximum atomic E-state index is 11.8. The van der Waals surface area contributed by atoms with Gasteiger partial charge < -0.3 is 29.0 Å². The third-order valence-corrected chi connectivity index (χ3v) is 7.71. The molecule has 1 saturated heterocycles. The van der Waals surface area contributed by atoms with E-state index in [0.29, 0.717) is 26.1 Å². The van der Waals surface area contributed by atoms with Crippen LogP contribution in [0.5, 0.6) is 17.2 Å². The Morgan fingerprint density at radius 1 is 0.952 bits per heavy atom. The zero-order valence-electron chi connectivity index (χ0n) is 24.1. The zero-order valence-corrected chi connectivity index (χ0v) is 24.1. The molecule has 4 aromatic carbocycles. The summed E-state index contributed by atoms with van der Waals surface area (Å²) >= 11 is 0. The smallest absolute Gasteiger partial charge is 0.407 e. The summed E-state index contributed by atoms with van der Waals surface area (Å²) in [6.07, 6.45) is 4.42. The molecule has 7 heteroatoms. The molecule has 0 saturated carbocycles. The highest BCUT2D eigenvalue weighted by molar-refractivity contribution is 5.94. The Kier molecular flexibility index (Phi) is 9.62. The molecular formula is C35H37NO6. The van der Waals surface area contributed by atoms with Gasteiger partial charge in [-0.05, 0) is 42.2 Å². The summed E-state index contributed by atoms with van der Waals surface area (Å²) in [6, 6.07) is 28.2. The number of fused-ring (bicyclic) bond motifs is 1. The van der Waals surface area contributed by atoms with Crippen molar-refractivity contribution in [1.82, 2.24) is 4.90 Å². The van der Waals surface area contributed by atoms with Gasteiger partial charge in [0.1, 0.15) is 17.2 Å². The number of ether oxygens (including phenoxy) is 4. The number of piperidine rings is 1. The SMILES string of the molecule is COc1cc(COC2CN(C(=O)O)CCC2c2ccc(OCCC=Cc3ccccc3)cc2)c(OC)c2ccccc12. The van der Waals surface area contributed by atoms with E-state index in [2.05, 4.69) is 36.4 Å². The van der Waals surface area contributed by atoms with Gasteiger partial charge in [-0.1, -0.05) is 78.9 Å². The Balaban J connectivity index is 1.27. The van der Waals surface area contributed by atoms with E-state index in [0.717, 1.165) is 45.6 Å². The minimum absolute atomic E-state index is 0.0387. The third kappa shape index (κ3) is 6.86. The number of amides is 1. The summed E-state index contributed by atoms with van der Waals surface area (Å²) < 4.78 is 23.9. The lowest BCUT2D eigenvalue weighted by Gasteiger charge is -2.37. The number of carbonyl (C=O) groups is 1. The average molecular weight is 568 g/mol. The van der Waals surface area contributed by atoms with E-state index < -0.39 is 6.09 Å². The summed E-state index contributed by atoms with van der Waals surface area (Å²) in [5.41, 5.74) is 3.12. The lowest BCUT2D eigenvalue weighted by molar-refractivity contribution is -0.0204. The Labute approximate surface area is 246 Å². The van der Waals surface area contributed by atoms with Crippen LogP contribution in [0.4, 0.5) is 4.79 Å². The summed E-state index contributed by atoms with van der Waals surface area (Å²) in [5.74, 6) is 2.31. The molecule has 7 nitrogen and oxygen atoms in total. The minimum Gasteiger partial charge on any atom is -0.496 e. The van der Waals surface area contributed by atoms with Crippen molar-refractivity contribution in [3.05, 3.63) is 108 Å². The van der Waals surface area contributed by atoms with Crippen LogP contribution in [0.1, 0.15) is 35.4 Å². The second kappa shape index (κ2) is 13.9. The molecule has 1 N–H and O–H groups in total. The van der Waals surface area contributed by atoms with E-state index in [-0.39, 0.29) is 18.6 Å². The maximum absolute atomic E-state index is 11.8. The van der Waals surface area contributed by atoms with Crippen molar-refractivity contribution < 1.29 is 28.8 Å². The molecule has 1 aliphatic rings. The van der Waals surface area contributed by atoms with E-state index in [9.17, 15) is 9.90 Å². The van der Waals surface area contributed by atoms with Gasteiger partial charge in [0, 0.05) is 28.8 Å². The normalized spacial score (nSPS) is 17.0. The summed E-state index contributed by atoms with van der Waals surface area (Å²) in [6.45, 7) is 1.59. The molecule has 2 unspecified atom stereocenters. The second-order valence-electron chi connectivity index (χ2n) is 10.3. The molecule has 1 aliphatic heterocycles. The van der Waals surface area contributed by atoms with Gasteiger partial charge in [-0.3, -0.25) is 0 Å². The standard InChI is InChI=1S/C35H37NO6/c1-39-32-22-27(34(40-2)31-14-7-6-13-30(31)32)24-42-33-23-36(35(37)38)20-19-29(33)26-15-17-28(18-16-26)41-21-9-8-12-25-10-4-3-5-11-25/h3-8,10-18,22,29,33H,9,19-21,23-24H2,1-2H3,(H,37,38). The van der Waals surface area contributed by atoms with E-state index in [1.807, 2.05) is 60.7 Å². The Hall–Kier alpha value is -4.49. The highest BCUT2D eigenvalue weighted by Crippen LogP contribution is 2.38. The van der Waals surface area contributed by atoms with Crippen LogP contribution < -0.4 is 14.2 Å². The first-order valence-corrected chi connectivity index (χ1v) is 14.2. The number of likely N-dealkylation sites (tertiary alicyclic amines) is 1. The Morgan fingerprint density at radius 2 is 1.69 bits per heavy atom. The molecule has 4 aromatic rings. The van der Waals surface area contributed by atoms with Crippen molar-refractivity contribution in [2.45, 2.75) is 31.5 Å². The van der Waals surface area contributed by atoms with Gasteiger partial charge in [0.05, 0.1) is 40.1 Å². The Bertz CT molecular complexity index is 1500. The molecule has 0 spiro atoms. The van der Waals surface area contributed by atoms with E-state index in [1.165, 1.54) is 10.5 Å². The van der Waals surface area contributed by atoms with Crippen LogP contribution in [-0.2, 0) is 11.3 Å². The van der Waals surface area contributed by atoms with Gasteiger partial charge in [0.25, 0.3) is 0 Å². The van der Waals surface area contributed by atoms with Gasteiger partial charge in [-0.2, -0.15) is 0 Å². The molecule has 0 radical (unpaired) electrons. The van der Waals surface area contributed by atoms with Crippen LogP contribution in [0.3, 0.4) is 0 Å². The number of carboxylic acid groups (broad SMARTS) is 1. The molecule has 2 atom stereocenters. The molecule has 0 bridgehead atoms. The van der Waals surface area contributed by atoms with E-state index in [1.54, 1.807) is 14.2 Å². The van der Waals surface area contributed by atoms with Crippen LogP contribution in [-0.4, -0.2) is 56.1 Å². The topological polar surface area (TPSA) is 77.5 Å². The summed E-state index contributed by atoms with van der Waals surface area (Å²) in [7, 11) is 3.30. The van der Waals surface area contributed by atoms with Crippen molar-refractivity contribution >= 4 is 22.9 Å². The molecule has 0 aromatic heterocycles. The third-order valence-electron chi connectivity index (χ3n) is 7.71. The number of hydrogen-bond acceptors (Lipinski definition) is 5. The second-order valence-corrected chi connectivity index (χ2v) is 10.3. The number of hydrogen-bond donors (Lipinski definition) is 1. The molecular weight excluding hydrogens is 530 g/mol. The fraction of sp³-hybridized carbons (Fsp3) is 0.286. The Morgan fingerprint density at radius 3 is 2.40 bits per heavy atom. The number of rotatable bonds is 11. The fourth-order valence-electron chi connectivity index (χ4n) is 5.56. The van der Waals surface area contributed by atoms with Crippen LogP contribution in [0.15, 0.2) is 91.0 Å². The van der Waals surface area contributed by atoms with Crippen molar-refractivity contribution in [1.29, 1.82) is 0 Å². The quantitative estimate of drug-likeness (QED) is 0.190. The fourth-order valence-corrected chi connectivity index (χ4v) is 5.56. The summed E-state index contributed by atoms with van der Waals surface area (Å²) in [4.78, 5) is 13.3. The molecule has 42 heavy (non-hydrogen) atoms. The average Bonchev–Trinajstić information content (AvgIpc) is 3.03. The van der Waals surface area contributed by atoms with Gasteiger partial charge >= 0.3 is 6.09 Å². The molecule has 1 heterocycles. The van der Waals surface area contributed by atoms with Gasteiger partial charge in [-0.15, -0.1) is 0 Å². The first-order valence-electron chi connectivity index (χ1n) is 14.2. The zero-order chi connectivity index (χ0) is 29.3. The lowest BCUT2D eigenvalue weighted by Crippen LogP contribution is -2.46. The predicted molar refractivity (Wildman–Crippen MR) is 165 cm³/mol. The van der Waals surface area contributed by atoms with Crippen molar-refractivity contribution in [2.24, 2.45) is 0 Å².